The predicted molar refractivity (Wildman–Crippen MR) is 64.3 cm³/mol. The number of para-hydroxylation sites is 1. The number of rotatable bonds is 4. The molecule has 0 saturated carbocycles. The summed E-state index contributed by atoms with van der Waals surface area (Å²) >= 11 is 0. The molecule has 0 aliphatic rings. The number of nitrogens with zero attached hydrogens (tertiary/aromatic N) is 3. The minimum atomic E-state index is -0.798. The number of benzene rings is 1. The minimum Gasteiger partial charge on any atom is -0.490 e. The maximum absolute atomic E-state index is 11.2. The molecule has 20 heavy (non-hydrogen) atoms. The number of methoxy groups -OCH3 is 2. The van der Waals surface area contributed by atoms with Gasteiger partial charge in [0, 0.05) is 6.07 Å². The number of carbonyl (C=O) groups is 1. The van der Waals surface area contributed by atoms with E-state index in [0.717, 1.165) is 0 Å². The maximum atomic E-state index is 11.2. The maximum Gasteiger partial charge on any atom is 0.396 e. The average Bonchev–Trinajstić information content (AvgIpc) is 2.95. The quantitative estimate of drug-likeness (QED) is 0.468. The van der Waals surface area contributed by atoms with Crippen LogP contribution in [0.25, 0.3) is 11.5 Å². The SMILES string of the molecule is COC(=O)c1nnc(-c2cccc([N+](=O)[O-])c2OC)o1. The summed E-state index contributed by atoms with van der Waals surface area (Å²) in [7, 11) is 2.45. The topological polar surface area (TPSA) is 118 Å². The van der Waals surface area contributed by atoms with Gasteiger partial charge in [-0.15, -0.1) is 10.2 Å². The van der Waals surface area contributed by atoms with Crippen LogP contribution in [0.4, 0.5) is 5.69 Å². The number of aromatic nitrogens is 2. The summed E-state index contributed by atoms with van der Waals surface area (Å²) in [5.41, 5.74) is -0.0350. The van der Waals surface area contributed by atoms with Crippen molar-refractivity contribution in [2.75, 3.05) is 14.2 Å². The van der Waals surface area contributed by atoms with Gasteiger partial charge >= 0.3 is 17.5 Å². The lowest BCUT2D eigenvalue weighted by Crippen LogP contribution is -2.00. The first-order valence-corrected chi connectivity index (χ1v) is 5.32. The summed E-state index contributed by atoms with van der Waals surface area (Å²) in [6.45, 7) is 0. The molecule has 9 heteroatoms. The summed E-state index contributed by atoms with van der Waals surface area (Å²) in [4.78, 5) is 21.5. The Balaban J connectivity index is 2.52. The number of hydrogen-bond acceptors (Lipinski definition) is 8. The van der Waals surface area contributed by atoms with E-state index in [9.17, 15) is 14.9 Å². The Morgan fingerprint density at radius 2 is 2.10 bits per heavy atom. The van der Waals surface area contributed by atoms with Crippen LogP contribution in [0.3, 0.4) is 0 Å². The number of nitro groups is 1. The molecule has 0 unspecified atom stereocenters. The molecule has 0 amide bonds. The van der Waals surface area contributed by atoms with E-state index in [1.807, 2.05) is 0 Å². The molecule has 0 aliphatic carbocycles. The van der Waals surface area contributed by atoms with Gasteiger partial charge in [0.05, 0.1) is 24.7 Å². The molecule has 9 nitrogen and oxygen atoms in total. The molecular weight excluding hydrogens is 270 g/mol. The first-order chi connectivity index (χ1) is 9.58. The number of esters is 1. The van der Waals surface area contributed by atoms with Gasteiger partial charge < -0.3 is 13.9 Å². The molecule has 0 N–H and O–H groups in total. The van der Waals surface area contributed by atoms with Gasteiger partial charge in [-0.05, 0) is 6.07 Å². The van der Waals surface area contributed by atoms with E-state index in [4.69, 9.17) is 9.15 Å². The molecule has 1 aromatic carbocycles. The van der Waals surface area contributed by atoms with E-state index in [2.05, 4.69) is 14.9 Å². The highest BCUT2D eigenvalue weighted by atomic mass is 16.6. The van der Waals surface area contributed by atoms with Crippen LogP contribution in [0, 0.1) is 10.1 Å². The normalized spacial score (nSPS) is 10.1. The van der Waals surface area contributed by atoms with Crippen LogP contribution in [0.2, 0.25) is 0 Å². The highest BCUT2D eigenvalue weighted by Crippen LogP contribution is 2.36. The van der Waals surface area contributed by atoms with Crippen molar-refractivity contribution < 1.29 is 23.6 Å². The van der Waals surface area contributed by atoms with Crippen LogP contribution in [-0.4, -0.2) is 35.3 Å². The summed E-state index contributed by atoms with van der Waals surface area (Å²) in [6, 6.07) is 4.22. The van der Waals surface area contributed by atoms with E-state index in [1.165, 1.54) is 32.4 Å². The second-order valence-corrected chi connectivity index (χ2v) is 3.52. The van der Waals surface area contributed by atoms with Gasteiger partial charge in [-0.3, -0.25) is 10.1 Å². The zero-order valence-electron chi connectivity index (χ0n) is 10.5. The van der Waals surface area contributed by atoms with E-state index in [1.54, 1.807) is 0 Å². The molecule has 0 bridgehead atoms. The minimum absolute atomic E-state index is 0.0300. The van der Waals surface area contributed by atoms with Crippen molar-refractivity contribution >= 4 is 11.7 Å². The fourth-order valence-electron chi connectivity index (χ4n) is 1.55. The Kier molecular flexibility index (Phi) is 3.60. The van der Waals surface area contributed by atoms with Crippen molar-refractivity contribution in [3.8, 4) is 17.2 Å². The van der Waals surface area contributed by atoms with E-state index >= 15 is 0 Å². The Morgan fingerprint density at radius 1 is 1.35 bits per heavy atom. The summed E-state index contributed by atoms with van der Waals surface area (Å²) < 4.78 is 14.5. The molecule has 2 rings (SSSR count). The third-order valence-corrected chi connectivity index (χ3v) is 2.41. The summed E-state index contributed by atoms with van der Waals surface area (Å²) in [5.74, 6) is -1.26. The summed E-state index contributed by atoms with van der Waals surface area (Å²) in [6.07, 6.45) is 0. The van der Waals surface area contributed by atoms with Crippen molar-refractivity contribution in [3.63, 3.8) is 0 Å². The number of hydrogen-bond donors (Lipinski definition) is 0. The largest absolute Gasteiger partial charge is 0.490 e. The first-order valence-electron chi connectivity index (χ1n) is 5.32. The van der Waals surface area contributed by atoms with Crippen molar-refractivity contribution in [1.82, 2.24) is 10.2 Å². The van der Waals surface area contributed by atoms with Gasteiger partial charge in [0.25, 0.3) is 5.89 Å². The third kappa shape index (κ3) is 2.28. The molecule has 1 aromatic heterocycles. The molecule has 1 heterocycles. The lowest BCUT2D eigenvalue weighted by molar-refractivity contribution is -0.385. The fraction of sp³-hybridized carbons (Fsp3) is 0.182. The molecule has 0 saturated heterocycles. The first kappa shape index (κ1) is 13.5. The van der Waals surface area contributed by atoms with Crippen LogP contribution < -0.4 is 4.74 Å². The zero-order valence-corrected chi connectivity index (χ0v) is 10.5. The Hall–Kier alpha value is -2.97. The monoisotopic (exact) mass is 279 g/mol. The smallest absolute Gasteiger partial charge is 0.396 e. The Bertz CT molecular complexity index is 666. The van der Waals surface area contributed by atoms with Gasteiger partial charge in [0.2, 0.25) is 5.75 Å². The highest BCUT2D eigenvalue weighted by Gasteiger charge is 2.24. The Labute approximate surface area is 112 Å². The van der Waals surface area contributed by atoms with Crippen molar-refractivity contribution in [2.24, 2.45) is 0 Å². The molecule has 0 radical (unpaired) electrons. The molecule has 0 atom stereocenters. The van der Waals surface area contributed by atoms with Crippen LogP contribution in [0.1, 0.15) is 10.7 Å². The Morgan fingerprint density at radius 3 is 2.70 bits per heavy atom. The number of ether oxygens (including phenoxy) is 2. The molecule has 2 aromatic rings. The van der Waals surface area contributed by atoms with Crippen LogP contribution in [0.5, 0.6) is 5.75 Å². The molecule has 104 valence electrons. The highest BCUT2D eigenvalue weighted by molar-refractivity contribution is 5.84. The summed E-state index contributed by atoms with van der Waals surface area (Å²) in [5, 5.41) is 18.0. The second-order valence-electron chi connectivity index (χ2n) is 3.52. The van der Waals surface area contributed by atoms with Crippen LogP contribution in [-0.2, 0) is 4.74 Å². The van der Waals surface area contributed by atoms with Gasteiger partial charge in [-0.2, -0.15) is 0 Å². The number of carbonyl (C=O) groups excluding carboxylic acids is 1. The molecular formula is C11H9N3O6. The van der Waals surface area contributed by atoms with Gasteiger partial charge in [0.1, 0.15) is 0 Å². The average molecular weight is 279 g/mol. The van der Waals surface area contributed by atoms with E-state index < -0.39 is 10.9 Å². The van der Waals surface area contributed by atoms with Crippen molar-refractivity contribution in [1.29, 1.82) is 0 Å². The van der Waals surface area contributed by atoms with Gasteiger partial charge in [-0.1, -0.05) is 6.07 Å². The fourth-order valence-corrected chi connectivity index (χ4v) is 1.55. The lowest BCUT2D eigenvalue weighted by atomic mass is 10.1. The van der Waals surface area contributed by atoms with Crippen LogP contribution in [0.15, 0.2) is 22.6 Å². The van der Waals surface area contributed by atoms with Gasteiger partial charge in [-0.25, -0.2) is 4.79 Å². The molecule has 0 spiro atoms. The van der Waals surface area contributed by atoms with Crippen molar-refractivity contribution in [2.45, 2.75) is 0 Å². The van der Waals surface area contributed by atoms with E-state index in [-0.39, 0.29) is 28.8 Å². The third-order valence-electron chi connectivity index (χ3n) is 2.41. The molecule has 0 aliphatic heterocycles. The molecule has 0 fully saturated rings. The van der Waals surface area contributed by atoms with Crippen LogP contribution >= 0.6 is 0 Å². The van der Waals surface area contributed by atoms with E-state index in [0.29, 0.717) is 0 Å². The van der Waals surface area contributed by atoms with Crippen molar-refractivity contribution in [3.05, 3.63) is 34.2 Å². The number of nitro benzene ring substituents is 1. The second kappa shape index (κ2) is 5.34. The zero-order chi connectivity index (χ0) is 14.7. The van der Waals surface area contributed by atoms with Gasteiger partial charge in [0.15, 0.2) is 0 Å². The standard InChI is InChI=1S/C11H9N3O6/c1-18-8-6(4-3-5-7(8)14(16)17)9-12-13-10(20-9)11(15)19-2/h3-5H,1-2H3. The predicted octanol–water partition coefficient (Wildman–Crippen LogP) is 1.44. The lowest BCUT2D eigenvalue weighted by Gasteiger charge is -2.04.